The van der Waals surface area contributed by atoms with Crippen LogP contribution < -0.4 is 10.1 Å². The largest absolute Gasteiger partial charge is 0.495 e. The van der Waals surface area contributed by atoms with Gasteiger partial charge in [0.1, 0.15) is 10.8 Å². The van der Waals surface area contributed by atoms with Crippen LogP contribution in [0, 0.1) is 0 Å². The van der Waals surface area contributed by atoms with E-state index in [2.05, 4.69) is 27.5 Å². The number of ether oxygens (including phenoxy) is 1. The summed E-state index contributed by atoms with van der Waals surface area (Å²) in [6.45, 7) is 4.08. The van der Waals surface area contributed by atoms with Crippen molar-refractivity contribution in [2.24, 2.45) is 0 Å². The van der Waals surface area contributed by atoms with Gasteiger partial charge in [0, 0.05) is 18.4 Å². The molecule has 0 aliphatic rings. The summed E-state index contributed by atoms with van der Waals surface area (Å²) >= 11 is 1.47. The number of nitrogens with zero attached hydrogens (tertiary/aromatic N) is 4. The van der Waals surface area contributed by atoms with Crippen molar-refractivity contribution < 1.29 is 9.53 Å². The minimum Gasteiger partial charge on any atom is -0.495 e. The summed E-state index contributed by atoms with van der Waals surface area (Å²) in [5, 5.41) is 16.6. The van der Waals surface area contributed by atoms with Gasteiger partial charge >= 0.3 is 0 Å². The molecule has 0 aliphatic heterocycles. The van der Waals surface area contributed by atoms with Gasteiger partial charge in [0.05, 0.1) is 12.8 Å². The lowest BCUT2D eigenvalue weighted by Gasteiger charge is -2.11. The number of anilines is 1. The molecular weight excluding hydrogens is 338 g/mol. The van der Waals surface area contributed by atoms with Crippen LogP contribution in [0.15, 0.2) is 18.2 Å². The monoisotopic (exact) mass is 359 g/mol. The predicted octanol–water partition coefficient (Wildman–Crippen LogP) is 3.55. The van der Waals surface area contributed by atoms with Crippen molar-refractivity contribution >= 4 is 27.9 Å². The van der Waals surface area contributed by atoms with Crippen molar-refractivity contribution in [1.29, 1.82) is 0 Å². The molecule has 0 bridgehead atoms. The van der Waals surface area contributed by atoms with E-state index in [9.17, 15) is 4.79 Å². The van der Waals surface area contributed by atoms with Crippen LogP contribution in [0.5, 0.6) is 5.75 Å². The van der Waals surface area contributed by atoms with Gasteiger partial charge in [-0.25, -0.2) is 0 Å². The first-order valence-corrected chi connectivity index (χ1v) is 9.17. The molecule has 1 aromatic carbocycles. The topological polar surface area (TPSA) is 81.4 Å². The zero-order valence-corrected chi connectivity index (χ0v) is 15.4. The molecule has 1 N–H and O–H groups in total. The number of amides is 1. The highest BCUT2D eigenvalue weighted by molar-refractivity contribution is 7.19. The van der Waals surface area contributed by atoms with Crippen LogP contribution in [0.2, 0.25) is 0 Å². The third kappa shape index (κ3) is 3.63. The second-order valence-corrected chi connectivity index (χ2v) is 6.59. The quantitative estimate of drug-likeness (QED) is 0.698. The van der Waals surface area contributed by atoms with Gasteiger partial charge in [0.2, 0.25) is 10.9 Å². The van der Waals surface area contributed by atoms with Gasteiger partial charge in [0.15, 0.2) is 5.82 Å². The van der Waals surface area contributed by atoms with E-state index in [0.29, 0.717) is 17.9 Å². The van der Waals surface area contributed by atoms with Crippen molar-refractivity contribution in [2.45, 2.75) is 39.5 Å². The smallest absolute Gasteiger partial charge is 0.234 e. The molecular formula is C17H21N5O2S. The minimum absolute atomic E-state index is 0.0105. The lowest BCUT2D eigenvalue weighted by atomic mass is 10.2. The van der Waals surface area contributed by atoms with Gasteiger partial charge in [-0.2, -0.15) is 9.61 Å². The Balaban J connectivity index is 1.91. The summed E-state index contributed by atoms with van der Waals surface area (Å²) in [6.07, 6.45) is 3.12. The van der Waals surface area contributed by atoms with E-state index >= 15 is 0 Å². The Morgan fingerprint density at radius 3 is 2.88 bits per heavy atom. The zero-order valence-electron chi connectivity index (χ0n) is 14.6. The summed E-state index contributed by atoms with van der Waals surface area (Å²) in [5.41, 5.74) is 1.56. The predicted molar refractivity (Wildman–Crippen MR) is 98.2 cm³/mol. The molecule has 0 fully saturated rings. The molecule has 8 heteroatoms. The number of hydrogen-bond donors (Lipinski definition) is 1. The number of carbonyl (C=O) groups excluding carboxylic acids is 1. The fourth-order valence-electron chi connectivity index (χ4n) is 2.48. The molecule has 0 spiro atoms. The average molecular weight is 359 g/mol. The maximum absolute atomic E-state index is 12.1. The second kappa shape index (κ2) is 7.60. The number of benzene rings is 1. The highest BCUT2D eigenvalue weighted by Gasteiger charge is 2.14. The highest BCUT2D eigenvalue weighted by atomic mass is 32.1. The van der Waals surface area contributed by atoms with Crippen LogP contribution in [0.1, 0.15) is 38.9 Å². The van der Waals surface area contributed by atoms with Crippen molar-refractivity contribution in [1.82, 2.24) is 19.8 Å². The molecule has 2 heterocycles. The molecule has 0 aliphatic carbocycles. The summed E-state index contributed by atoms with van der Waals surface area (Å²) in [6, 6.07) is 5.66. The zero-order chi connectivity index (χ0) is 17.8. The number of fused-ring (bicyclic) bond motifs is 1. The maximum atomic E-state index is 12.1. The number of aryl methyl sites for hydroxylation is 1. The first-order chi connectivity index (χ1) is 12.2. The standard InChI is InChI=1S/C17H21N5O2S/c1-4-6-7-15(23)18-12-10-11(8-9-13(12)24-3)16-21-22-14(5-2)19-20-17(22)25-16/h8-10H,4-7H2,1-3H3,(H,18,23). The summed E-state index contributed by atoms with van der Waals surface area (Å²) in [5.74, 6) is 1.45. The van der Waals surface area contributed by atoms with Crippen molar-refractivity contribution in [2.75, 3.05) is 12.4 Å². The number of carbonyl (C=O) groups is 1. The highest BCUT2D eigenvalue weighted by Crippen LogP contribution is 2.33. The van der Waals surface area contributed by atoms with Crippen LogP contribution in [0.25, 0.3) is 15.5 Å². The second-order valence-electron chi connectivity index (χ2n) is 5.64. The molecule has 3 aromatic rings. The van der Waals surface area contributed by atoms with Gasteiger partial charge in [-0.15, -0.1) is 10.2 Å². The van der Waals surface area contributed by atoms with E-state index in [1.54, 1.807) is 11.6 Å². The molecule has 0 radical (unpaired) electrons. The molecule has 0 unspecified atom stereocenters. The summed E-state index contributed by atoms with van der Waals surface area (Å²) in [7, 11) is 1.59. The minimum atomic E-state index is -0.0105. The number of hydrogen-bond acceptors (Lipinski definition) is 6. The van der Waals surface area contributed by atoms with E-state index in [1.165, 1.54) is 11.3 Å². The number of nitrogens with one attached hydrogen (secondary N) is 1. The maximum Gasteiger partial charge on any atom is 0.234 e. The van der Waals surface area contributed by atoms with Gasteiger partial charge < -0.3 is 10.1 Å². The molecule has 0 saturated heterocycles. The van der Waals surface area contributed by atoms with Crippen LogP contribution in [0.4, 0.5) is 5.69 Å². The van der Waals surface area contributed by atoms with Crippen LogP contribution in [0.3, 0.4) is 0 Å². The van der Waals surface area contributed by atoms with E-state index in [-0.39, 0.29) is 5.91 Å². The van der Waals surface area contributed by atoms with Crippen molar-refractivity contribution in [3.63, 3.8) is 0 Å². The SMILES string of the molecule is CCCCC(=O)Nc1cc(-c2nn3c(CC)nnc3s2)ccc1OC. The molecule has 132 valence electrons. The Kier molecular flexibility index (Phi) is 5.28. The van der Waals surface area contributed by atoms with E-state index in [4.69, 9.17) is 4.74 Å². The summed E-state index contributed by atoms with van der Waals surface area (Å²) < 4.78 is 7.13. The lowest BCUT2D eigenvalue weighted by molar-refractivity contribution is -0.116. The molecule has 0 saturated carbocycles. The van der Waals surface area contributed by atoms with Gasteiger partial charge in [0.25, 0.3) is 0 Å². The Morgan fingerprint density at radius 1 is 1.32 bits per heavy atom. The fraction of sp³-hybridized carbons (Fsp3) is 0.412. The lowest BCUT2D eigenvalue weighted by Crippen LogP contribution is -2.11. The molecule has 25 heavy (non-hydrogen) atoms. The number of unbranched alkanes of at least 4 members (excludes halogenated alkanes) is 1. The third-order valence-electron chi connectivity index (χ3n) is 3.85. The van der Waals surface area contributed by atoms with Gasteiger partial charge in [-0.1, -0.05) is 31.6 Å². The number of aromatic nitrogens is 4. The first-order valence-electron chi connectivity index (χ1n) is 8.35. The van der Waals surface area contributed by atoms with Crippen molar-refractivity contribution in [3.8, 4) is 16.3 Å². The Bertz CT molecular complexity index is 886. The third-order valence-corrected chi connectivity index (χ3v) is 4.80. The number of rotatable bonds is 7. The first kappa shape index (κ1) is 17.3. The Morgan fingerprint density at radius 2 is 2.16 bits per heavy atom. The molecule has 2 aromatic heterocycles. The number of methoxy groups -OCH3 is 1. The molecule has 1 amide bonds. The van der Waals surface area contributed by atoms with Crippen LogP contribution in [-0.2, 0) is 11.2 Å². The van der Waals surface area contributed by atoms with Gasteiger partial charge in [-0.3, -0.25) is 4.79 Å². The molecule has 7 nitrogen and oxygen atoms in total. The fourth-order valence-corrected chi connectivity index (χ4v) is 3.34. The molecule has 3 rings (SSSR count). The van der Waals surface area contributed by atoms with Gasteiger partial charge in [-0.05, 0) is 24.6 Å². The normalized spacial score (nSPS) is 11.0. The Labute approximate surface area is 150 Å². The van der Waals surface area contributed by atoms with E-state index in [0.717, 1.165) is 40.6 Å². The van der Waals surface area contributed by atoms with Crippen molar-refractivity contribution in [3.05, 3.63) is 24.0 Å². The average Bonchev–Trinajstić information content (AvgIpc) is 3.20. The molecule has 0 atom stereocenters. The van der Waals surface area contributed by atoms with E-state index in [1.807, 2.05) is 25.1 Å². The van der Waals surface area contributed by atoms with E-state index < -0.39 is 0 Å². The van der Waals surface area contributed by atoms with Crippen LogP contribution >= 0.6 is 11.3 Å². The Hall–Kier alpha value is -2.48. The van der Waals surface area contributed by atoms with Crippen LogP contribution in [-0.4, -0.2) is 32.8 Å². The summed E-state index contributed by atoms with van der Waals surface area (Å²) in [4.78, 5) is 12.8.